The second kappa shape index (κ2) is 6.25. The third kappa shape index (κ3) is 3.71. The number of hydrogen-bond acceptors (Lipinski definition) is 3. The first-order chi connectivity index (χ1) is 8.43. The molecule has 1 aliphatic heterocycles. The summed E-state index contributed by atoms with van der Waals surface area (Å²) in [7, 11) is 0. The molecule has 0 radical (unpaired) electrons. The summed E-state index contributed by atoms with van der Waals surface area (Å²) in [5.74, 6) is 0. The first-order valence-corrected chi connectivity index (χ1v) is 6.90. The van der Waals surface area contributed by atoms with Gasteiger partial charge in [-0.2, -0.15) is 5.10 Å². The number of aryl methyl sites for hydroxylation is 1. The highest BCUT2D eigenvalue weighted by molar-refractivity contribution is 5.85. The summed E-state index contributed by atoms with van der Waals surface area (Å²) in [4.78, 5) is 2.50. The fourth-order valence-corrected chi connectivity index (χ4v) is 2.61. The van der Waals surface area contributed by atoms with Crippen molar-refractivity contribution in [2.24, 2.45) is 11.1 Å². The fourth-order valence-electron chi connectivity index (χ4n) is 2.61. The largest absolute Gasteiger partial charge is 0.330 e. The zero-order valence-electron chi connectivity index (χ0n) is 12.5. The van der Waals surface area contributed by atoms with Crippen LogP contribution < -0.4 is 5.73 Å². The number of halogens is 1. The van der Waals surface area contributed by atoms with Crippen LogP contribution in [0.3, 0.4) is 0 Å². The average molecular weight is 287 g/mol. The van der Waals surface area contributed by atoms with Crippen molar-refractivity contribution in [1.29, 1.82) is 0 Å². The van der Waals surface area contributed by atoms with E-state index in [0.29, 0.717) is 11.5 Å². The molecule has 2 heterocycles. The lowest BCUT2D eigenvalue weighted by Crippen LogP contribution is -2.31. The highest BCUT2D eigenvalue weighted by Gasteiger charge is 2.32. The van der Waals surface area contributed by atoms with Gasteiger partial charge in [0.15, 0.2) is 0 Å². The van der Waals surface area contributed by atoms with Crippen LogP contribution in [0, 0.1) is 12.3 Å². The molecular weight excluding hydrogens is 260 g/mol. The molecule has 0 aromatic carbocycles. The normalized spacial score (nSPS) is 23.9. The third-order valence-electron chi connectivity index (χ3n) is 4.07. The quantitative estimate of drug-likeness (QED) is 0.924. The van der Waals surface area contributed by atoms with E-state index < -0.39 is 0 Å². The van der Waals surface area contributed by atoms with Gasteiger partial charge >= 0.3 is 0 Å². The summed E-state index contributed by atoms with van der Waals surface area (Å²) < 4.78 is 2.06. The maximum atomic E-state index is 5.85. The zero-order valence-corrected chi connectivity index (χ0v) is 13.3. The SMILES string of the molecule is Cc1nn(C(C)C)cc1CN1CCC(C)(CN)C1.Cl. The van der Waals surface area contributed by atoms with Crippen molar-refractivity contribution >= 4 is 12.4 Å². The van der Waals surface area contributed by atoms with Crippen molar-refractivity contribution in [2.45, 2.75) is 46.7 Å². The highest BCUT2D eigenvalue weighted by atomic mass is 35.5. The molecule has 1 saturated heterocycles. The predicted octanol–water partition coefficient (Wildman–Crippen LogP) is 2.36. The summed E-state index contributed by atoms with van der Waals surface area (Å²) in [6.07, 6.45) is 3.40. The molecule has 1 fully saturated rings. The third-order valence-corrected chi connectivity index (χ3v) is 4.07. The number of hydrogen-bond donors (Lipinski definition) is 1. The molecule has 2 rings (SSSR count). The number of rotatable bonds is 4. The van der Waals surface area contributed by atoms with Crippen LogP contribution in [0.2, 0.25) is 0 Å². The monoisotopic (exact) mass is 286 g/mol. The van der Waals surface area contributed by atoms with Gasteiger partial charge in [-0.25, -0.2) is 0 Å². The first-order valence-electron chi connectivity index (χ1n) is 6.90. The Kier molecular flexibility index (Phi) is 5.42. The van der Waals surface area contributed by atoms with Gasteiger partial charge in [-0.05, 0) is 45.7 Å². The van der Waals surface area contributed by atoms with Gasteiger partial charge in [0.25, 0.3) is 0 Å². The van der Waals surface area contributed by atoms with Crippen LogP contribution in [-0.2, 0) is 6.54 Å². The zero-order chi connectivity index (χ0) is 13.3. The van der Waals surface area contributed by atoms with Gasteiger partial charge in [0, 0.05) is 30.9 Å². The molecule has 110 valence electrons. The second-order valence-electron chi connectivity index (χ2n) is 6.29. The first kappa shape index (κ1) is 16.5. The molecule has 0 amide bonds. The maximum absolute atomic E-state index is 5.85. The van der Waals surface area contributed by atoms with Crippen molar-refractivity contribution in [3.63, 3.8) is 0 Å². The number of nitrogens with zero attached hydrogens (tertiary/aromatic N) is 3. The summed E-state index contributed by atoms with van der Waals surface area (Å²) >= 11 is 0. The van der Waals surface area contributed by atoms with Crippen molar-refractivity contribution in [2.75, 3.05) is 19.6 Å². The van der Waals surface area contributed by atoms with Crippen molar-refractivity contribution in [1.82, 2.24) is 14.7 Å². The lowest BCUT2D eigenvalue weighted by Gasteiger charge is -2.22. The summed E-state index contributed by atoms with van der Waals surface area (Å²) in [5.41, 5.74) is 8.67. The van der Waals surface area contributed by atoms with Crippen molar-refractivity contribution in [3.05, 3.63) is 17.5 Å². The van der Waals surface area contributed by atoms with E-state index in [0.717, 1.165) is 31.9 Å². The van der Waals surface area contributed by atoms with E-state index in [4.69, 9.17) is 5.73 Å². The van der Waals surface area contributed by atoms with E-state index in [2.05, 4.69) is 48.6 Å². The minimum atomic E-state index is 0. The number of aromatic nitrogens is 2. The molecule has 0 aliphatic carbocycles. The molecular formula is C14H27ClN4. The summed E-state index contributed by atoms with van der Waals surface area (Å²) in [5, 5.41) is 4.57. The van der Waals surface area contributed by atoms with E-state index in [-0.39, 0.29) is 12.4 Å². The smallest absolute Gasteiger partial charge is 0.0638 e. The molecule has 2 N–H and O–H groups in total. The van der Waals surface area contributed by atoms with Crippen LogP contribution in [0.4, 0.5) is 0 Å². The van der Waals surface area contributed by atoms with Gasteiger partial charge in [0.05, 0.1) is 5.69 Å². The van der Waals surface area contributed by atoms with Crippen LogP contribution in [-0.4, -0.2) is 34.3 Å². The van der Waals surface area contributed by atoms with Gasteiger partial charge in [-0.3, -0.25) is 9.58 Å². The van der Waals surface area contributed by atoms with Gasteiger partial charge in [-0.15, -0.1) is 12.4 Å². The van der Waals surface area contributed by atoms with Crippen LogP contribution in [0.15, 0.2) is 6.20 Å². The molecule has 4 nitrogen and oxygen atoms in total. The highest BCUT2D eigenvalue weighted by Crippen LogP contribution is 2.29. The lowest BCUT2D eigenvalue weighted by atomic mass is 9.90. The van der Waals surface area contributed by atoms with Crippen molar-refractivity contribution in [3.8, 4) is 0 Å². The lowest BCUT2D eigenvalue weighted by molar-refractivity contribution is 0.274. The van der Waals surface area contributed by atoms with Gasteiger partial charge in [-0.1, -0.05) is 6.92 Å². The van der Waals surface area contributed by atoms with E-state index in [1.165, 1.54) is 12.0 Å². The van der Waals surface area contributed by atoms with Gasteiger partial charge < -0.3 is 5.73 Å². The predicted molar refractivity (Wildman–Crippen MR) is 81.7 cm³/mol. The topological polar surface area (TPSA) is 47.1 Å². The molecule has 1 aromatic heterocycles. The van der Waals surface area contributed by atoms with Crippen molar-refractivity contribution < 1.29 is 0 Å². The Labute approximate surface area is 122 Å². The molecule has 1 atom stereocenters. The minimum Gasteiger partial charge on any atom is -0.330 e. The molecule has 0 saturated carbocycles. The van der Waals surface area contributed by atoms with E-state index in [1.54, 1.807) is 0 Å². The fraction of sp³-hybridized carbons (Fsp3) is 0.786. The maximum Gasteiger partial charge on any atom is 0.0638 e. The molecule has 5 heteroatoms. The van der Waals surface area contributed by atoms with Crippen LogP contribution in [0.25, 0.3) is 0 Å². The molecule has 19 heavy (non-hydrogen) atoms. The Balaban J connectivity index is 0.00000180. The van der Waals surface area contributed by atoms with Crippen LogP contribution in [0.5, 0.6) is 0 Å². The molecule has 0 bridgehead atoms. The Bertz CT molecular complexity index is 416. The Morgan fingerprint density at radius 3 is 2.63 bits per heavy atom. The van der Waals surface area contributed by atoms with E-state index >= 15 is 0 Å². The van der Waals surface area contributed by atoms with Crippen LogP contribution in [0.1, 0.15) is 44.5 Å². The Morgan fingerprint density at radius 1 is 1.47 bits per heavy atom. The minimum absolute atomic E-state index is 0. The molecule has 0 spiro atoms. The second-order valence-corrected chi connectivity index (χ2v) is 6.29. The average Bonchev–Trinajstić information content (AvgIpc) is 2.86. The summed E-state index contributed by atoms with van der Waals surface area (Å²) in [6.45, 7) is 12.8. The number of likely N-dealkylation sites (tertiary alicyclic amines) is 1. The van der Waals surface area contributed by atoms with Gasteiger partial charge in [0.1, 0.15) is 0 Å². The number of nitrogens with two attached hydrogens (primary N) is 1. The van der Waals surface area contributed by atoms with E-state index in [1.807, 2.05) is 0 Å². The molecule has 1 unspecified atom stereocenters. The molecule has 1 aromatic rings. The standard InChI is InChI=1S/C14H26N4.ClH/c1-11(2)18-8-13(12(3)16-18)7-17-6-5-14(4,9-15)10-17;/h8,11H,5-7,9-10,15H2,1-4H3;1H. The molecule has 1 aliphatic rings. The van der Waals surface area contributed by atoms with Crippen LogP contribution >= 0.6 is 12.4 Å². The van der Waals surface area contributed by atoms with E-state index in [9.17, 15) is 0 Å². The van der Waals surface area contributed by atoms with Gasteiger partial charge in [0.2, 0.25) is 0 Å². The summed E-state index contributed by atoms with van der Waals surface area (Å²) in [6, 6.07) is 0.435. The Hall–Kier alpha value is -0.580. The Morgan fingerprint density at radius 2 is 2.16 bits per heavy atom.